The van der Waals surface area contributed by atoms with Gasteiger partial charge in [0.1, 0.15) is 23.1 Å². The van der Waals surface area contributed by atoms with Crippen LogP contribution in [0.4, 0.5) is 0 Å². The maximum atomic E-state index is 12.2. The average molecular weight is 422 g/mol. The van der Waals surface area contributed by atoms with Crippen molar-refractivity contribution in [1.29, 1.82) is 0 Å². The van der Waals surface area contributed by atoms with E-state index >= 15 is 0 Å². The highest BCUT2D eigenvalue weighted by Crippen LogP contribution is 2.23. The van der Waals surface area contributed by atoms with Crippen molar-refractivity contribution in [1.82, 2.24) is 15.6 Å². The average Bonchev–Trinajstić information content (AvgIpc) is 3.20. The lowest BCUT2D eigenvalue weighted by molar-refractivity contribution is -0.125. The Morgan fingerprint density at radius 1 is 1.11 bits per heavy atom. The van der Waals surface area contributed by atoms with Gasteiger partial charge in [-0.15, -0.1) is 11.3 Å². The minimum atomic E-state index is -0.249. The molecule has 1 aliphatic rings. The molecule has 6 nitrogen and oxygen atoms in total. The van der Waals surface area contributed by atoms with Crippen molar-refractivity contribution in [3.8, 4) is 5.75 Å². The van der Waals surface area contributed by atoms with Crippen LogP contribution in [0.1, 0.15) is 47.6 Å². The van der Waals surface area contributed by atoms with Crippen LogP contribution in [0.15, 0.2) is 29.6 Å². The number of nitrogens with one attached hydrogen (secondary N) is 2. The number of halogens is 1. The molecule has 1 heterocycles. The van der Waals surface area contributed by atoms with Crippen molar-refractivity contribution in [3.05, 3.63) is 45.4 Å². The van der Waals surface area contributed by atoms with Crippen LogP contribution in [-0.4, -0.2) is 29.9 Å². The molecule has 150 valence electrons. The van der Waals surface area contributed by atoms with Crippen LogP contribution in [0, 0.1) is 5.92 Å². The van der Waals surface area contributed by atoms with Crippen molar-refractivity contribution in [2.24, 2.45) is 5.92 Å². The molecule has 2 aromatic rings. The smallest absolute Gasteiger partial charge is 0.270 e. The van der Waals surface area contributed by atoms with Gasteiger partial charge in [-0.3, -0.25) is 9.59 Å². The van der Waals surface area contributed by atoms with Gasteiger partial charge in [0, 0.05) is 29.4 Å². The first-order valence-corrected chi connectivity index (χ1v) is 10.8. The molecule has 0 radical (unpaired) electrons. The maximum absolute atomic E-state index is 12.2. The lowest BCUT2D eigenvalue weighted by Gasteiger charge is -2.20. The highest BCUT2D eigenvalue weighted by molar-refractivity contribution is 7.09. The summed E-state index contributed by atoms with van der Waals surface area (Å²) in [6.07, 6.45) is 5.42. The van der Waals surface area contributed by atoms with Crippen molar-refractivity contribution >= 4 is 34.8 Å². The van der Waals surface area contributed by atoms with E-state index in [2.05, 4.69) is 15.6 Å². The van der Waals surface area contributed by atoms with Gasteiger partial charge in [-0.1, -0.05) is 30.9 Å². The Hall–Kier alpha value is -2.12. The molecule has 3 rings (SSSR count). The van der Waals surface area contributed by atoms with Gasteiger partial charge in [0.15, 0.2) is 0 Å². The fraction of sp³-hybridized carbons (Fsp3) is 0.450. The molecule has 0 aliphatic heterocycles. The quantitative estimate of drug-likeness (QED) is 0.635. The molecular formula is C20H24ClN3O3S. The molecule has 0 spiro atoms. The van der Waals surface area contributed by atoms with E-state index in [0.29, 0.717) is 34.6 Å². The summed E-state index contributed by atoms with van der Waals surface area (Å²) >= 11 is 7.21. The van der Waals surface area contributed by atoms with Gasteiger partial charge in [-0.05, 0) is 37.1 Å². The van der Waals surface area contributed by atoms with Gasteiger partial charge in [0.25, 0.3) is 5.91 Å². The Kier molecular flexibility index (Phi) is 7.68. The van der Waals surface area contributed by atoms with Gasteiger partial charge in [-0.25, -0.2) is 4.98 Å². The van der Waals surface area contributed by atoms with Crippen LogP contribution >= 0.6 is 22.9 Å². The molecule has 1 saturated carbocycles. The van der Waals surface area contributed by atoms with Gasteiger partial charge >= 0.3 is 0 Å². The number of hydrogen-bond acceptors (Lipinski definition) is 5. The molecule has 1 aromatic heterocycles. The largest absolute Gasteiger partial charge is 0.486 e. The minimum absolute atomic E-state index is 0.101. The fourth-order valence-corrected chi connectivity index (χ4v) is 3.93. The second kappa shape index (κ2) is 10.4. The standard InChI is InChI=1S/C20H24ClN3O3S/c21-15-6-8-16(9-7-15)27-12-18-24-17(13-28-18)20(26)23-11-10-22-19(25)14-4-2-1-3-5-14/h6-9,13-14H,1-5,10-12H2,(H,22,25)(H,23,26). The van der Waals surface area contributed by atoms with E-state index in [-0.39, 0.29) is 24.3 Å². The molecule has 2 amide bonds. The second-order valence-corrected chi connectivity index (χ2v) is 8.13. The molecule has 2 N–H and O–H groups in total. The number of aromatic nitrogens is 1. The molecule has 0 unspecified atom stereocenters. The van der Waals surface area contributed by atoms with Crippen molar-refractivity contribution < 1.29 is 14.3 Å². The van der Waals surface area contributed by atoms with Crippen molar-refractivity contribution in [3.63, 3.8) is 0 Å². The molecule has 1 aliphatic carbocycles. The predicted octanol–water partition coefficient (Wildman–Crippen LogP) is 3.80. The minimum Gasteiger partial charge on any atom is -0.486 e. The van der Waals surface area contributed by atoms with Gasteiger partial charge in [0.2, 0.25) is 5.91 Å². The topological polar surface area (TPSA) is 80.3 Å². The zero-order valence-electron chi connectivity index (χ0n) is 15.6. The highest BCUT2D eigenvalue weighted by atomic mass is 35.5. The van der Waals surface area contributed by atoms with E-state index in [0.717, 1.165) is 25.7 Å². The van der Waals surface area contributed by atoms with E-state index in [1.165, 1.54) is 17.8 Å². The van der Waals surface area contributed by atoms with Crippen LogP contribution < -0.4 is 15.4 Å². The Morgan fingerprint density at radius 3 is 2.57 bits per heavy atom. The van der Waals surface area contributed by atoms with E-state index in [4.69, 9.17) is 16.3 Å². The third-order valence-electron chi connectivity index (χ3n) is 4.65. The van der Waals surface area contributed by atoms with Gasteiger partial charge in [0.05, 0.1) is 0 Å². The fourth-order valence-electron chi connectivity index (χ4n) is 3.12. The zero-order valence-corrected chi connectivity index (χ0v) is 17.2. The number of benzene rings is 1. The van der Waals surface area contributed by atoms with Crippen LogP contribution in [0.25, 0.3) is 0 Å². The number of amides is 2. The third-order valence-corrected chi connectivity index (χ3v) is 5.72. The highest BCUT2D eigenvalue weighted by Gasteiger charge is 2.20. The summed E-state index contributed by atoms with van der Waals surface area (Å²) in [7, 11) is 0. The molecular weight excluding hydrogens is 398 g/mol. The van der Waals surface area contributed by atoms with E-state index in [1.54, 1.807) is 29.6 Å². The number of ether oxygens (including phenoxy) is 1. The molecule has 1 fully saturated rings. The van der Waals surface area contributed by atoms with E-state index < -0.39 is 0 Å². The van der Waals surface area contributed by atoms with Crippen LogP contribution in [-0.2, 0) is 11.4 Å². The summed E-state index contributed by atoms with van der Waals surface area (Å²) < 4.78 is 5.63. The summed E-state index contributed by atoms with van der Waals surface area (Å²) in [5.74, 6) is 0.677. The normalized spacial score (nSPS) is 14.5. The summed E-state index contributed by atoms with van der Waals surface area (Å²) in [6, 6.07) is 7.08. The first-order chi connectivity index (χ1) is 13.6. The summed E-state index contributed by atoms with van der Waals surface area (Å²) in [5, 5.41) is 8.76. The summed E-state index contributed by atoms with van der Waals surface area (Å²) in [6.45, 7) is 1.10. The molecule has 0 bridgehead atoms. The monoisotopic (exact) mass is 421 g/mol. The maximum Gasteiger partial charge on any atom is 0.270 e. The number of rotatable bonds is 8. The Bertz CT molecular complexity index is 788. The number of carbonyl (C=O) groups is 2. The zero-order chi connectivity index (χ0) is 19.8. The Balaban J connectivity index is 1.36. The molecule has 0 saturated heterocycles. The molecule has 8 heteroatoms. The third kappa shape index (κ3) is 6.21. The number of carbonyl (C=O) groups excluding carboxylic acids is 2. The SMILES string of the molecule is O=C(NCCNC(=O)C1CCCCC1)c1csc(COc2ccc(Cl)cc2)n1. The number of nitrogens with zero attached hydrogens (tertiary/aromatic N) is 1. The summed E-state index contributed by atoms with van der Waals surface area (Å²) in [4.78, 5) is 28.5. The van der Waals surface area contributed by atoms with Crippen molar-refractivity contribution in [2.45, 2.75) is 38.7 Å². The van der Waals surface area contributed by atoms with Crippen LogP contribution in [0.3, 0.4) is 0 Å². The van der Waals surface area contributed by atoms with Crippen LogP contribution in [0.5, 0.6) is 5.75 Å². The predicted molar refractivity (Wildman–Crippen MR) is 110 cm³/mol. The molecule has 28 heavy (non-hydrogen) atoms. The first-order valence-electron chi connectivity index (χ1n) is 9.50. The van der Waals surface area contributed by atoms with Gasteiger partial charge in [-0.2, -0.15) is 0 Å². The van der Waals surface area contributed by atoms with Gasteiger partial charge < -0.3 is 15.4 Å². The van der Waals surface area contributed by atoms with E-state index in [9.17, 15) is 9.59 Å². The van der Waals surface area contributed by atoms with Crippen molar-refractivity contribution in [2.75, 3.05) is 13.1 Å². The first kappa shape index (κ1) is 20.6. The van der Waals surface area contributed by atoms with Crippen LogP contribution in [0.2, 0.25) is 5.02 Å². The van der Waals surface area contributed by atoms with E-state index in [1.807, 2.05) is 0 Å². The second-order valence-electron chi connectivity index (χ2n) is 6.75. The number of hydrogen-bond donors (Lipinski definition) is 2. The summed E-state index contributed by atoms with van der Waals surface area (Å²) in [5.41, 5.74) is 0.360. The molecule has 0 atom stereocenters. The lowest BCUT2D eigenvalue weighted by atomic mass is 9.89. The Labute approximate surface area is 173 Å². The molecule has 1 aromatic carbocycles. The lowest BCUT2D eigenvalue weighted by Crippen LogP contribution is -2.38. The number of thiazole rings is 1. The Morgan fingerprint density at radius 2 is 1.82 bits per heavy atom.